The zero-order chi connectivity index (χ0) is 14.8. The van der Waals surface area contributed by atoms with Gasteiger partial charge in [-0.05, 0) is 41.5 Å². The molecule has 1 nitrogen and oxygen atoms in total. The maximum atomic E-state index is 12.6. The van der Waals surface area contributed by atoms with E-state index in [4.69, 9.17) is 0 Å². The Hall–Kier alpha value is -0.490. The van der Waals surface area contributed by atoms with Crippen molar-refractivity contribution in [3.05, 3.63) is 24.3 Å². The van der Waals surface area contributed by atoms with Crippen molar-refractivity contribution in [2.24, 2.45) is 5.41 Å². The summed E-state index contributed by atoms with van der Waals surface area (Å²) in [7, 11) is 0. The number of anilines is 1. The number of nitrogens with one attached hydrogen (secondary N) is 1. The van der Waals surface area contributed by atoms with Crippen molar-refractivity contribution in [1.82, 2.24) is 0 Å². The van der Waals surface area contributed by atoms with Crippen molar-refractivity contribution in [1.29, 1.82) is 0 Å². The van der Waals surface area contributed by atoms with Crippen LogP contribution in [0.4, 0.5) is 18.9 Å². The summed E-state index contributed by atoms with van der Waals surface area (Å²) in [5.74, 6) is 2.04. The van der Waals surface area contributed by atoms with Gasteiger partial charge in [-0.1, -0.05) is 26.0 Å². The highest BCUT2D eigenvalue weighted by Gasteiger charge is 2.34. The summed E-state index contributed by atoms with van der Waals surface area (Å²) in [4.78, 5) is 0.242. The highest BCUT2D eigenvalue weighted by Crippen LogP contribution is 2.42. The van der Waals surface area contributed by atoms with Crippen molar-refractivity contribution in [2.45, 2.75) is 36.7 Å². The molecule has 1 atom stereocenters. The first kappa shape index (κ1) is 15.9. The summed E-state index contributed by atoms with van der Waals surface area (Å²) in [5.41, 5.74) is -3.58. The van der Waals surface area contributed by atoms with E-state index in [1.54, 1.807) is 18.2 Å². The van der Waals surface area contributed by atoms with Gasteiger partial charge in [-0.15, -0.1) is 0 Å². The van der Waals surface area contributed by atoms with E-state index in [9.17, 15) is 13.2 Å². The molecule has 0 bridgehead atoms. The first-order chi connectivity index (χ1) is 9.28. The van der Waals surface area contributed by atoms with Gasteiger partial charge in [0.15, 0.2) is 0 Å². The molecule has 112 valence electrons. The van der Waals surface area contributed by atoms with Crippen molar-refractivity contribution in [2.75, 3.05) is 16.8 Å². The smallest absolute Gasteiger partial charge is 0.380 e. The number of alkyl halides is 3. The van der Waals surface area contributed by atoms with E-state index in [2.05, 4.69) is 19.2 Å². The molecule has 1 unspecified atom stereocenters. The molecule has 6 heteroatoms. The topological polar surface area (TPSA) is 12.0 Å². The monoisotopic (exact) mass is 321 g/mol. The molecule has 20 heavy (non-hydrogen) atoms. The normalized spacial score (nSPS) is 22.6. The van der Waals surface area contributed by atoms with E-state index in [0.29, 0.717) is 5.69 Å². The van der Waals surface area contributed by atoms with Crippen molar-refractivity contribution in [3.8, 4) is 0 Å². The molecule has 1 saturated heterocycles. The summed E-state index contributed by atoms with van der Waals surface area (Å²) < 4.78 is 37.7. The fourth-order valence-corrected chi connectivity index (χ4v) is 4.40. The first-order valence-corrected chi connectivity index (χ1v) is 8.44. The maximum Gasteiger partial charge on any atom is 0.446 e. The van der Waals surface area contributed by atoms with Gasteiger partial charge >= 0.3 is 5.51 Å². The molecule has 1 fully saturated rings. The van der Waals surface area contributed by atoms with Crippen LogP contribution in [-0.2, 0) is 0 Å². The Balaban J connectivity index is 2.16. The minimum absolute atomic E-state index is 0.0532. The Morgan fingerprint density at radius 3 is 2.65 bits per heavy atom. The number of hydrogen-bond donors (Lipinski definition) is 1. The van der Waals surface area contributed by atoms with Crippen LogP contribution >= 0.6 is 23.5 Å². The second kappa shape index (κ2) is 6.10. The SMILES string of the molecule is CC1(C)CCSCC1Nc1ccccc1SC(F)(F)F. The summed E-state index contributed by atoms with van der Waals surface area (Å²) >= 11 is 1.80. The van der Waals surface area contributed by atoms with Crippen LogP contribution in [0.5, 0.6) is 0 Å². The van der Waals surface area contributed by atoms with Crippen molar-refractivity contribution in [3.63, 3.8) is 0 Å². The van der Waals surface area contributed by atoms with Gasteiger partial charge in [-0.25, -0.2) is 0 Å². The highest BCUT2D eigenvalue weighted by atomic mass is 32.2. The molecule has 1 aromatic carbocycles. The van der Waals surface area contributed by atoms with Crippen LogP contribution in [0.3, 0.4) is 0 Å². The lowest BCUT2D eigenvalue weighted by molar-refractivity contribution is -0.0327. The number of hydrogen-bond acceptors (Lipinski definition) is 3. The molecule has 0 amide bonds. The summed E-state index contributed by atoms with van der Waals surface area (Å²) in [6.07, 6.45) is 1.07. The van der Waals surface area contributed by atoms with Gasteiger partial charge in [0.05, 0.1) is 0 Å². The van der Waals surface area contributed by atoms with E-state index in [0.717, 1.165) is 17.9 Å². The molecule has 0 radical (unpaired) electrons. The van der Waals surface area contributed by atoms with Gasteiger partial charge in [0, 0.05) is 22.4 Å². The van der Waals surface area contributed by atoms with Crippen LogP contribution in [0.25, 0.3) is 0 Å². The number of benzene rings is 1. The molecule has 1 N–H and O–H groups in total. The molecule has 1 aliphatic heterocycles. The second-order valence-corrected chi connectivity index (χ2v) is 7.81. The van der Waals surface area contributed by atoms with Gasteiger partial charge in [-0.2, -0.15) is 24.9 Å². The average Bonchev–Trinajstić information content (AvgIpc) is 2.32. The molecular formula is C14H18F3NS2. The molecule has 2 rings (SSSR count). The van der Waals surface area contributed by atoms with E-state index in [1.165, 1.54) is 6.07 Å². The Morgan fingerprint density at radius 2 is 2.00 bits per heavy atom. The summed E-state index contributed by atoms with van der Waals surface area (Å²) in [6, 6.07) is 6.84. The van der Waals surface area contributed by atoms with Crippen LogP contribution < -0.4 is 5.32 Å². The van der Waals surface area contributed by atoms with Gasteiger partial charge in [0.1, 0.15) is 0 Å². The molecule has 1 aliphatic rings. The lowest BCUT2D eigenvalue weighted by atomic mass is 9.82. The Labute approximate surface area is 126 Å². The highest BCUT2D eigenvalue weighted by molar-refractivity contribution is 8.00. The summed E-state index contributed by atoms with van der Waals surface area (Å²) in [5, 5.41) is 3.32. The second-order valence-electron chi connectivity index (χ2n) is 5.55. The molecule has 1 aromatic rings. The maximum absolute atomic E-state index is 12.6. The predicted molar refractivity (Wildman–Crippen MR) is 81.5 cm³/mol. The van der Waals surface area contributed by atoms with Gasteiger partial charge in [0.2, 0.25) is 0 Å². The number of rotatable bonds is 3. The third kappa shape index (κ3) is 4.25. The van der Waals surface area contributed by atoms with Gasteiger partial charge in [-0.3, -0.25) is 0 Å². The lowest BCUT2D eigenvalue weighted by Crippen LogP contribution is -2.41. The zero-order valence-corrected chi connectivity index (χ0v) is 13.1. The van der Waals surface area contributed by atoms with Crippen LogP contribution in [0, 0.1) is 5.41 Å². The van der Waals surface area contributed by atoms with Gasteiger partial charge in [0.25, 0.3) is 0 Å². The number of halogens is 3. The van der Waals surface area contributed by atoms with E-state index < -0.39 is 5.51 Å². The van der Waals surface area contributed by atoms with Crippen LogP contribution in [0.2, 0.25) is 0 Å². The molecule has 0 aromatic heterocycles. The Morgan fingerprint density at radius 1 is 1.30 bits per heavy atom. The molecule has 1 heterocycles. The molecule has 0 spiro atoms. The largest absolute Gasteiger partial charge is 0.446 e. The summed E-state index contributed by atoms with van der Waals surface area (Å²) in [6.45, 7) is 4.34. The van der Waals surface area contributed by atoms with Crippen LogP contribution in [-0.4, -0.2) is 23.1 Å². The number of thioether (sulfide) groups is 2. The minimum atomic E-state index is -4.26. The first-order valence-electron chi connectivity index (χ1n) is 6.47. The van der Waals surface area contributed by atoms with Crippen molar-refractivity contribution >= 4 is 29.2 Å². The predicted octanol–water partition coefficient (Wildman–Crippen LogP) is 5.24. The lowest BCUT2D eigenvalue weighted by Gasteiger charge is -2.39. The molecule has 0 saturated carbocycles. The van der Waals surface area contributed by atoms with E-state index in [1.807, 2.05) is 11.8 Å². The fraction of sp³-hybridized carbons (Fsp3) is 0.571. The van der Waals surface area contributed by atoms with Crippen LogP contribution in [0.1, 0.15) is 20.3 Å². The fourth-order valence-electron chi connectivity index (χ4n) is 2.16. The number of para-hydroxylation sites is 1. The molecule has 0 aliphatic carbocycles. The van der Waals surface area contributed by atoms with Crippen molar-refractivity contribution < 1.29 is 13.2 Å². The van der Waals surface area contributed by atoms with E-state index in [-0.39, 0.29) is 28.1 Å². The third-order valence-electron chi connectivity index (χ3n) is 3.56. The average molecular weight is 321 g/mol. The Kier molecular flexibility index (Phi) is 4.84. The zero-order valence-electron chi connectivity index (χ0n) is 11.5. The minimum Gasteiger partial charge on any atom is -0.380 e. The Bertz CT molecular complexity index is 460. The third-order valence-corrected chi connectivity index (χ3v) is 5.43. The standard InChI is InChI=1S/C14H18F3NS2/c1-13(2)7-8-19-9-12(13)18-10-5-3-4-6-11(10)20-14(15,16)17/h3-6,12,18H,7-9H2,1-2H3. The van der Waals surface area contributed by atoms with Gasteiger partial charge < -0.3 is 5.32 Å². The molecular weight excluding hydrogens is 303 g/mol. The van der Waals surface area contributed by atoms with E-state index >= 15 is 0 Å². The van der Waals surface area contributed by atoms with Crippen LogP contribution in [0.15, 0.2) is 29.2 Å². The quantitative estimate of drug-likeness (QED) is 0.764.